The van der Waals surface area contributed by atoms with Gasteiger partial charge in [0.1, 0.15) is 0 Å². The van der Waals surface area contributed by atoms with E-state index in [2.05, 4.69) is 25.9 Å². The Labute approximate surface area is 115 Å². The van der Waals surface area contributed by atoms with Crippen molar-refractivity contribution in [1.82, 2.24) is 9.78 Å². The van der Waals surface area contributed by atoms with E-state index < -0.39 is 5.60 Å². The van der Waals surface area contributed by atoms with Crippen LogP contribution in [0.4, 0.5) is 0 Å². The van der Waals surface area contributed by atoms with E-state index in [1.165, 1.54) is 0 Å². The van der Waals surface area contributed by atoms with Crippen LogP contribution in [0.15, 0.2) is 12.3 Å². The lowest BCUT2D eigenvalue weighted by atomic mass is 9.85. The highest BCUT2D eigenvalue weighted by Gasteiger charge is 2.35. The Hall–Kier alpha value is -0.870. The molecule has 0 saturated carbocycles. The van der Waals surface area contributed by atoms with Gasteiger partial charge in [-0.2, -0.15) is 5.10 Å². The van der Waals surface area contributed by atoms with Crippen LogP contribution in [0.25, 0.3) is 0 Å². The fraction of sp³-hybridized carbons (Fsp3) is 0.800. The summed E-state index contributed by atoms with van der Waals surface area (Å²) in [6, 6.07) is 2.45. The van der Waals surface area contributed by atoms with Gasteiger partial charge < -0.3 is 9.84 Å². The maximum atomic E-state index is 10.7. The Balaban J connectivity index is 2.01. The van der Waals surface area contributed by atoms with Crippen molar-refractivity contribution in [3.8, 4) is 0 Å². The van der Waals surface area contributed by atoms with Crippen molar-refractivity contribution < 1.29 is 9.84 Å². The number of aliphatic hydroxyl groups is 1. The van der Waals surface area contributed by atoms with Crippen LogP contribution in [-0.4, -0.2) is 33.2 Å². The Morgan fingerprint density at radius 2 is 2.37 bits per heavy atom. The van der Waals surface area contributed by atoms with Crippen molar-refractivity contribution in [3.63, 3.8) is 0 Å². The Bertz CT molecular complexity index is 405. The monoisotopic (exact) mass is 266 g/mol. The molecule has 1 saturated heterocycles. The minimum Gasteiger partial charge on any atom is -0.389 e. The summed E-state index contributed by atoms with van der Waals surface area (Å²) < 4.78 is 7.63. The van der Waals surface area contributed by atoms with Gasteiger partial charge in [-0.15, -0.1) is 0 Å². The Morgan fingerprint density at radius 3 is 3.05 bits per heavy atom. The van der Waals surface area contributed by atoms with Crippen molar-refractivity contribution in [2.24, 2.45) is 0 Å². The standard InChI is InChI=1S/C15H26N2O2/c1-4-12(3)17-8-6-13(16-17)10-15(18)7-9-19-14(5-2)11-15/h6,8,12,14,18H,4-5,7,9-11H2,1-3H3. The minimum atomic E-state index is -0.645. The van der Waals surface area contributed by atoms with Crippen molar-refractivity contribution in [3.05, 3.63) is 18.0 Å². The van der Waals surface area contributed by atoms with Gasteiger partial charge in [-0.1, -0.05) is 13.8 Å². The van der Waals surface area contributed by atoms with Gasteiger partial charge in [0.05, 0.1) is 17.4 Å². The Morgan fingerprint density at radius 1 is 1.58 bits per heavy atom. The summed E-state index contributed by atoms with van der Waals surface area (Å²) in [6.45, 7) is 7.08. The van der Waals surface area contributed by atoms with Crippen molar-refractivity contribution in [1.29, 1.82) is 0 Å². The third-order valence-corrected chi connectivity index (χ3v) is 4.20. The van der Waals surface area contributed by atoms with Gasteiger partial charge in [-0.3, -0.25) is 4.68 Å². The van der Waals surface area contributed by atoms with E-state index in [0.29, 0.717) is 25.5 Å². The molecule has 1 fully saturated rings. The van der Waals surface area contributed by atoms with Gasteiger partial charge in [-0.25, -0.2) is 0 Å². The van der Waals surface area contributed by atoms with Crippen LogP contribution in [0.3, 0.4) is 0 Å². The predicted octanol–water partition coefficient (Wildman–Crippen LogP) is 2.72. The molecule has 4 heteroatoms. The van der Waals surface area contributed by atoms with Crippen LogP contribution in [0, 0.1) is 0 Å². The second-order valence-corrected chi connectivity index (χ2v) is 5.80. The molecule has 0 aromatic carbocycles. The van der Waals surface area contributed by atoms with Gasteiger partial charge in [0, 0.05) is 31.7 Å². The number of rotatable bonds is 5. The average Bonchev–Trinajstić information content (AvgIpc) is 2.85. The fourth-order valence-corrected chi connectivity index (χ4v) is 2.66. The number of hydrogen-bond donors (Lipinski definition) is 1. The highest BCUT2D eigenvalue weighted by Crippen LogP contribution is 2.29. The van der Waals surface area contributed by atoms with Gasteiger partial charge in [0.25, 0.3) is 0 Å². The molecule has 0 bridgehead atoms. The first-order valence-electron chi connectivity index (χ1n) is 7.44. The lowest BCUT2D eigenvalue weighted by Gasteiger charge is -2.36. The van der Waals surface area contributed by atoms with Gasteiger partial charge in [-0.05, 0) is 32.3 Å². The minimum absolute atomic E-state index is 0.190. The highest BCUT2D eigenvalue weighted by molar-refractivity contribution is 5.05. The first-order chi connectivity index (χ1) is 9.06. The number of hydrogen-bond acceptors (Lipinski definition) is 3. The van der Waals surface area contributed by atoms with E-state index >= 15 is 0 Å². The SMILES string of the molecule is CCC1CC(O)(Cc2ccn(C(C)CC)n2)CCO1. The third-order valence-electron chi connectivity index (χ3n) is 4.20. The highest BCUT2D eigenvalue weighted by atomic mass is 16.5. The molecule has 3 unspecified atom stereocenters. The van der Waals surface area contributed by atoms with Crippen LogP contribution >= 0.6 is 0 Å². The summed E-state index contributed by atoms with van der Waals surface area (Å²) in [5.74, 6) is 0. The maximum Gasteiger partial charge on any atom is 0.0750 e. The molecule has 1 aromatic rings. The van der Waals surface area contributed by atoms with Gasteiger partial charge >= 0.3 is 0 Å². The van der Waals surface area contributed by atoms with Gasteiger partial charge in [0.2, 0.25) is 0 Å². The first kappa shape index (κ1) is 14.5. The zero-order chi connectivity index (χ0) is 13.9. The molecule has 108 valence electrons. The van der Waals surface area contributed by atoms with Crippen LogP contribution in [0.5, 0.6) is 0 Å². The maximum absolute atomic E-state index is 10.7. The molecular formula is C15H26N2O2. The molecular weight excluding hydrogens is 240 g/mol. The number of ether oxygens (including phenoxy) is 1. The molecule has 4 nitrogen and oxygen atoms in total. The van der Waals surface area contributed by atoms with E-state index in [1.54, 1.807) is 0 Å². The molecule has 1 N–H and O–H groups in total. The molecule has 19 heavy (non-hydrogen) atoms. The van der Waals surface area contributed by atoms with E-state index in [-0.39, 0.29) is 6.10 Å². The summed E-state index contributed by atoms with van der Waals surface area (Å²) in [5, 5.41) is 15.3. The van der Waals surface area contributed by atoms with Crippen LogP contribution in [0.2, 0.25) is 0 Å². The molecule has 0 spiro atoms. The fourth-order valence-electron chi connectivity index (χ4n) is 2.66. The van der Waals surface area contributed by atoms with Gasteiger partial charge in [0.15, 0.2) is 0 Å². The van der Waals surface area contributed by atoms with E-state index in [4.69, 9.17) is 4.74 Å². The first-order valence-corrected chi connectivity index (χ1v) is 7.44. The molecule has 0 radical (unpaired) electrons. The molecule has 1 aliphatic heterocycles. The topological polar surface area (TPSA) is 47.3 Å². The largest absolute Gasteiger partial charge is 0.389 e. The lowest BCUT2D eigenvalue weighted by Crippen LogP contribution is -2.42. The summed E-state index contributed by atoms with van der Waals surface area (Å²) in [7, 11) is 0. The smallest absolute Gasteiger partial charge is 0.0750 e. The molecule has 1 aliphatic rings. The van der Waals surface area contributed by atoms with E-state index in [9.17, 15) is 5.11 Å². The zero-order valence-electron chi connectivity index (χ0n) is 12.3. The predicted molar refractivity (Wildman–Crippen MR) is 75.1 cm³/mol. The molecule has 2 rings (SSSR count). The van der Waals surface area contributed by atoms with Crippen LogP contribution in [0.1, 0.15) is 58.2 Å². The van der Waals surface area contributed by atoms with Crippen molar-refractivity contribution >= 4 is 0 Å². The Kier molecular flexibility index (Phi) is 4.63. The van der Waals surface area contributed by atoms with Crippen LogP contribution in [-0.2, 0) is 11.2 Å². The lowest BCUT2D eigenvalue weighted by molar-refractivity contribution is -0.103. The normalized spacial score (nSPS) is 29.4. The molecule has 0 aliphatic carbocycles. The quantitative estimate of drug-likeness (QED) is 0.891. The molecule has 1 aromatic heterocycles. The third kappa shape index (κ3) is 3.57. The van der Waals surface area contributed by atoms with E-state index in [1.807, 2.05) is 16.9 Å². The zero-order valence-corrected chi connectivity index (χ0v) is 12.3. The average molecular weight is 266 g/mol. The number of aromatic nitrogens is 2. The number of nitrogens with zero attached hydrogens (tertiary/aromatic N) is 2. The second-order valence-electron chi connectivity index (χ2n) is 5.80. The summed E-state index contributed by atoms with van der Waals surface area (Å²) in [4.78, 5) is 0. The van der Waals surface area contributed by atoms with Crippen molar-refractivity contribution in [2.75, 3.05) is 6.61 Å². The second kappa shape index (κ2) is 6.06. The summed E-state index contributed by atoms with van der Waals surface area (Å²) in [5.41, 5.74) is 0.340. The van der Waals surface area contributed by atoms with Crippen LogP contribution < -0.4 is 0 Å². The summed E-state index contributed by atoms with van der Waals surface area (Å²) in [6.07, 6.45) is 6.30. The molecule has 2 heterocycles. The molecule has 3 atom stereocenters. The van der Waals surface area contributed by atoms with Crippen molar-refractivity contribution in [2.45, 2.75) is 70.6 Å². The molecule has 0 amide bonds. The van der Waals surface area contributed by atoms with E-state index in [0.717, 1.165) is 25.0 Å². The summed E-state index contributed by atoms with van der Waals surface area (Å²) >= 11 is 0.